The summed E-state index contributed by atoms with van der Waals surface area (Å²) in [5, 5.41) is 7.66. The zero-order valence-electron chi connectivity index (χ0n) is 11.6. The van der Waals surface area contributed by atoms with E-state index in [0.29, 0.717) is 12.6 Å². The average Bonchev–Trinajstić information content (AvgIpc) is 2.96. The molecule has 0 fully saturated rings. The van der Waals surface area contributed by atoms with Crippen LogP contribution >= 0.6 is 0 Å². The van der Waals surface area contributed by atoms with E-state index in [-0.39, 0.29) is 0 Å². The lowest BCUT2D eigenvalue weighted by Gasteiger charge is -2.15. The van der Waals surface area contributed by atoms with Gasteiger partial charge in [-0.05, 0) is 19.1 Å². The molecule has 1 atom stereocenters. The number of para-hydroxylation sites is 1. The van der Waals surface area contributed by atoms with Crippen LogP contribution in [-0.4, -0.2) is 22.4 Å². The Morgan fingerprint density at radius 3 is 3.00 bits per heavy atom. The Balaban J connectivity index is 1.88. The summed E-state index contributed by atoms with van der Waals surface area (Å²) >= 11 is 0. The third-order valence-electron chi connectivity index (χ3n) is 2.94. The van der Waals surface area contributed by atoms with Crippen LogP contribution in [0.2, 0.25) is 0 Å². The van der Waals surface area contributed by atoms with Crippen molar-refractivity contribution in [1.29, 1.82) is 0 Å². The molecule has 1 N–H and O–H groups in total. The lowest BCUT2D eigenvalue weighted by Crippen LogP contribution is -2.30. The Bertz CT molecular complexity index is 557. The summed E-state index contributed by atoms with van der Waals surface area (Å²) in [6.45, 7) is 4.00. The first-order valence-electron chi connectivity index (χ1n) is 6.64. The highest BCUT2D eigenvalue weighted by molar-refractivity contribution is 5.33. The second-order valence-electron chi connectivity index (χ2n) is 4.61. The van der Waals surface area contributed by atoms with Crippen molar-refractivity contribution in [1.82, 2.24) is 15.1 Å². The summed E-state index contributed by atoms with van der Waals surface area (Å²) < 4.78 is 7.45. The van der Waals surface area contributed by atoms with Crippen LogP contribution in [0.25, 0.3) is 0 Å². The molecular formula is C16H19N3O. The highest BCUT2D eigenvalue weighted by atomic mass is 16.5. The molecule has 1 unspecified atom stereocenters. The molecule has 0 spiro atoms. The highest BCUT2D eigenvalue weighted by Crippen LogP contribution is 2.17. The highest BCUT2D eigenvalue weighted by Gasteiger charge is 2.06. The number of ether oxygens (including phenoxy) is 1. The van der Waals surface area contributed by atoms with Crippen molar-refractivity contribution in [2.24, 2.45) is 0 Å². The Labute approximate surface area is 119 Å². The van der Waals surface area contributed by atoms with Crippen LogP contribution in [0, 0.1) is 12.3 Å². The Hall–Kier alpha value is -2.25. The fourth-order valence-corrected chi connectivity index (χ4v) is 1.95. The normalized spacial score (nSPS) is 11.8. The van der Waals surface area contributed by atoms with E-state index in [1.807, 2.05) is 41.2 Å². The second-order valence-corrected chi connectivity index (χ2v) is 4.61. The zero-order valence-corrected chi connectivity index (χ0v) is 11.6. The van der Waals surface area contributed by atoms with E-state index < -0.39 is 0 Å². The second kappa shape index (κ2) is 7.37. The average molecular weight is 269 g/mol. The Morgan fingerprint density at radius 1 is 1.40 bits per heavy atom. The molecule has 1 aromatic heterocycles. The van der Waals surface area contributed by atoms with E-state index in [4.69, 9.17) is 11.2 Å². The quantitative estimate of drug-likeness (QED) is 0.782. The molecule has 0 amide bonds. The topological polar surface area (TPSA) is 39.1 Å². The predicted molar refractivity (Wildman–Crippen MR) is 79.3 cm³/mol. The third-order valence-corrected chi connectivity index (χ3v) is 2.94. The minimum absolute atomic E-state index is 0.292. The minimum Gasteiger partial charge on any atom is -0.481 e. The van der Waals surface area contributed by atoms with Crippen molar-refractivity contribution in [3.8, 4) is 18.1 Å². The first kappa shape index (κ1) is 14.2. The summed E-state index contributed by atoms with van der Waals surface area (Å²) in [7, 11) is 0. The van der Waals surface area contributed by atoms with Crippen LogP contribution < -0.4 is 10.1 Å². The molecule has 2 rings (SSSR count). The molecule has 1 heterocycles. The van der Waals surface area contributed by atoms with Gasteiger partial charge in [0.2, 0.25) is 0 Å². The minimum atomic E-state index is 0.292. The molecule has 0 bridgehead atoms. The molecule has 4 nitrogen and oxygen atoms in total. The summed E-state index contributed by atoms with van der Waals surface area (Å²) in [6, 6.07) is 10.2. The Morgan fingerprint density at radius 2 is 2.25 bits per heavy atom. The standard InChI is InChI=1S/C16H19N3O/c1-3-11-20-16-8-5-4-7-15(16)12-17-14(2)13-19-10-6-9-18-19/h1,4-10,14,17H,11-13H2,2H3. The molecule has 0 saturated carbocycles. The first-order valence-corrected chi connectivity index (χ1v) is 6.64. The van der Waals surface area contributed by atoms with Crippen LogP contribution in [0.4, 0.5) is 0 Å². The number of nitrogens with one attached hydrogen (secondary N) is 1. The monoisotopic (exact) mass is 269 g/mol. The zero-order chi connectivity index (χ0) is 14.2. The summed E-state index contributed by atoms with van der Waals surface area (Å²) in [4.78, 5) is 0. The van der Waals surface area contributed by atoms with Gasteiger partial charge < -0.3 is 10.1 Å². The van der Waals surface area contributed by atoms with Gasteiger partial charge in [-0.2, -0.15) is 5.10 Å². The van der Waals surface area contributed by atoms with Crippen molar-refractivity contribution >= 4 is 0 Å². The van der Waals surface area contributed by atoms with Crippen molar-refractivity contribution in [2.45, 2.75) is 26.1 Å². The number of hydrogen-bond acceptors (Lipinski definition) is 3. The number of nitrogens with zero attached hydrogens (tertiary/aromatic N) is 2. The molecule has 0 aliphatic heterocycles. The van der Waals surface area contributed by atoms with Gasteiger partial charge in [0, 0.05) is 30.5 Å². The maximum absolute atomic E-state index is 5.53. The van der Waals surface area contributed by atoms with E-state index in [1.54, 1.807) is 6.20 Å². The van der Waals surface area contributed by atoms with E-state index in [1.165, 1.54) is 0 Å². The predicted octanol–water partition coefficient (Wildman–Crippen LogP) is 2.07. The van der Waals surface area contributed by atoms with Gasteiger partial charge in [-0.15, -0.1) is 6.42 Å². The molecule has 0 aliphatic rings. The van der Waals surface area contributed by atoms with Crippen LogP contribution in [0.5, 0.6) is 5.75 Å². The van der Waals surface area contributed by atoms with Gasteiger partial charge in [-0.25, -0.2) is 0 Å². The van der Waals surface area contributed by atoms with Gasteiger partial charge in [0.15, 0.2) is 0 Å². The van der Waals surface area contributed by atoms with Crippen LogP contribution in [-0.2, 0) is 13.1 Å². The first-order chi connectivity index (χ1) is 9.79. The fraction of sp³-hybridized carbons (Fsp3) is 0.312. The van der Waals surface area contributed by atoms with Gasteiger partial charge in [-0.3, -0.25) is 4.68 Å². The molecule has 0 aliphatic carbocycles. The van der Waals surface area contributed by atoms with Crippen molar-refractivity contribution in [3.63, 3.8) is 0 Å². The molecular weight excluding hydrogens is 250 g/mol. The van der Waals surface area contributed by atoms with Gasteiger partial charge >= 0.3 is 0 Å². The van der Waals surface area contributed by atoms with E-state index in [0.717, 1.165) is 24.4 Å². The molecule has 1 aromatic carbocycles. The van der Waals surface area contributed by atoms with Gasteiger partial charge in [0.1, 0.15) is 12.4 Å². The largest absolute Gasteiger partial charge is 0.481 e. The number of hydrogen-bond donors (Lipinski definition) is 1. The van der Waals surface area contributed by atoms with E-state index in [2.05, 4.69) is 23.3 Å². The van der Waals surface area contributed by atoms with Crippen LogP contribution in [0.15, 0.2) is 42.7 Å². The molecule has 104 valence electrons. The number of rotatable bonds is 7. The number of benzene rings is 1. The number of aromatic nitrogens is 2. The molecule has 0 radical (unpaired) electrons. The summed E-state index contributed by atoms with van der Waals surface area (Å²) in [5.74, 6) is 3.32. The van der Waals surface area contributed by atoms with Gasteiger partial charge in [0.05, 0.1) is 6.54 Å². The SMILES string of the molecule is C#CCOc1ccccc1CNC(C)Cn1cccn1. The maximum atomic E-state index is 5.53. The smallest absolute Gasteiger partial charge is 0.148 e. The summed E-state index contributed by atoms with van der Waals surface area (Å²) in [5.41, 5.74) is 1.11. The van der Waals surface area contributed by atoms with Crippen LogP contribution in [0.3, 0.4) is 0 Å². The number of terminal acetylenes is 1. The van der Waals surface area contributed by atoms with Gasteiger partial charge in [0.25, 0.3) is 0 Å². The Kier molecular flexibility index (Phi) is 5.22. The van der Waals surface area contributed by atoms with Crippen LogP contribution in [0.1, 0.15) is 12.5 Å². The van der Waals surface area contributed by atoms with Gasteiger partial charge in [-0.1, -0.05) is 24.1 Å². The third kappa shape index (κ3) is 4.15. The van der Waals surface area contributed by atoms with E-state index in [9.17, 15) is 0 Å². The molecule has 20 heavy (non-hydrogen) atoms. The summed E-state index contributed by atoms with van der Waals surface area (Å²) in [6.07, 6.45) is 8.97. The molecule has 2 aromatic rings. The van der Waals surface area contributed by atoms with E-state index >= 15 is 0 Å². The van der Waals surface area contributed by atoms with Crippen molar-refractivity contribution in [2.75, 3.05) is 6.61 Å². The fourth-order valence-electron chi connectivity index (χ4n) is 1.95. The molecule has 0 saturated heterocycles. The lowest BCUT2D eigenvalue weighted by molar-refractivity contribution is 0.362. The molecule has 4 heteroatoms. The lowest BCUT2D eigenvalue weighted by atomic mass is 10.2. The van der Waals surface area contributed by atoms with Crippen molar-refractivity contribution < 1.29 is 4.74 Å². The maximum Gasteiger partial charge on any atom is 0.148 e. The van der Waals surface area contributed by atoms with Crippen molar-refractivity contribution in [3.05, 3.63) is 48.3 Å².